The van der Waals surface area contributed by atoms with Crippen LogP contribution in [0.5, 0.6) is 0 Å². The summed E-state index contributed by atoms with van der Waals surface area (Å²) in [5, 5.41) is 8.68. The highest BCUT2D eigenvalue weighted by Gasteiger charge is 2.19. The summed E-state index contributed by atoms with van der Waals surface area (Å²) in [5.74, 6) is -0.483. The van der Waals surface area contributed by atoms with E-state index in [2.05, 4.69) is 9.97 Å². The highest BCUT2D eigenvalue weighted by atomic mass is 35.5. The Morgan fingerprint density at radius 1 is 1.60 bits per heavy atom. The molecule has 0 saturated carbocycles. The normalized spacial score (nSPS) is 12.5. The van der Waals surface area contributed by atoms with Crippen LogP contribution in [0.2, 0.25) is 5.15 Å². The quantitative estimate of drug-likeness (QED) is 0.651. The number of aliphatic carboxylic acids is 1. The van der Waals surface area contributed by atoms with Crippen molar-refractivity contribution >= 4 is 23.4 Å². The van der Waals surface area contributed by atoms with Gasteiger partial charge in [-0.05, 0) is 6.92 Å². The number of rotatable bonds is 3. The summed E-state index contributed by atoms with van der Waals surface area (Å²) in [6.07, 6.45) is -0.268. The molecule has 1 rings (SSSR count). The van der Waals surface area contributed by atoms with Crippen LogP contribution in [0, 0.1) is 6.92 Å². The van der Waals surface area contributed by atoms with Crippen molar-refractivity contribution in [2.45, 2.75) is 19.4 Å². The zero-order valence-corrected chi connectivity index (χ0v) is 8.82. The highest BCUT2D eigenvalue weighted by Crippen LogP contribution is 2.26. The number of hydrogen-bond donors (Lipinski definition) is 3. The molecule has 0 radical (unpaired) electrons. The number of anilines is 1. The Morgan fingerprint density at radius 2 is 2.20 bits per heavy atom. The van der Waals surface area contributed by atoms with Crippen molar-refractivity contribution in [1.82, 2.24) is 9.97 Å². The molecule has 1 aromatic heterocycles. The van der Waals surface area contributed by atoms with Crippen LogP contribution in [0.25, 0.3) is 0 Å². The number of nitrogens with zero attached hydrogens (tertiary/aromatic N) is 2. The SMILES string of the molecule is Cc1nc(N)c(C(N)CC(=O)O)c(Cl)n1. The van der Waals surface area contributed by atoms with Gasteiger partial charge in [-0.1, -0.05) is 11.6 Å². The molecular formula is C8H11ClN4O2. The molecule has 0 fully saturated rings. The zero-order valence-electron chi connectivity index (χ0n) is 8.07. The standard InChI is InChI=1S/C8H11ClN4O2/c1-3-12-7(9)6(8(11)13-3)4(10)2-5(14)15/h4H,2,10H2,1H3,(H,14,15)(H2,11,12,13). The van der Waals surface area contributed by atoms with Crippen molar-refractivity contribution in [1.29, 1.82) is 0 Å². The van der Waals surface area contributed by atoms with E-state index in [4.69, 9.17) is 28.2 Å². The van der Waals surface area contributed by atoms with Crippen molar-refractivity contribution in [2.24, 2.45) is 5.73 Å². The van der Waals surface area contributed by atoms with Gasteiger partial charge >= 0.3 is 5.97 Å². The summed E-state index contributed by atoms with van der Waals surface area (Å²) in [7, 11) is 0. The van der Waals surface area contributed by atoms with Gasteiger partial charge < -0.3 is 16.6 Å². The summed E-state index contributed by atoms with van der Waals surface area (Å²) in [5.41, 5.74) is 11.5. The van der Waals surface area contributed by atoms with Crippen LogP contribution >= 0.6 is 11.6 Å². The van der Waals surface area contributed by atoms with E-state index >= 15 is 0 Å². The summed E-state index contributed by atoms with van der Waals surface area (Å²) < 4.78 is 0. The van der Waals surface area contributed by atoms with Crippen molar-refractivity contribution < 1.29 is 9.90 Å². The number of halogens is 1. The molecule has 1 atom stereocenters. The van der Waals surface area contributed by atoms with Crippen LogP contribution in [-0.2, 0) is 4.79 Å². The van der Waals surface area contributed by atoms with Gasteiger partial charge in [-0.3, -0.25) is 4.79 Å². The topological polar surface area (TPSA) is 115 Å². The third kappa shape index (κ3) is 2.77. The fourth-order valence-corrected chi connectivity index (χ4v) is 1.56. The molecule has 0 aliphatic heterocycles. The predicted octanol–water partition coefficient (Wildman–Crippen LogP) is 0.495. The minimum Gasteiger partial charge on any atom is -0.481 e. The molecule has 15 heavy (non-hydrogen) atoms. The maximum Gasteiger partial charge on any atom is 0.305 e. The molecule has 7 heteroatoms. The lowest BCUT2D eigenvalue weighted by Crippen LogP contribution is -2.18. The zero-order chi connectivity index (χ0) is 11.6. The summed E-state index contributed by atoms with van der Waals surface area (Å²) in [4.78, 5) is 18.2. The van der Waals surface area contributed by atoms with E-state index in [1.165, 1.54) is 0 Å². The first-order chi connectivity index (χ1) is 6.91. The second-order valence-corrected chi connectivity index (χ2v) is 3.42. The van der Waals surface area contributed by atoms with Crippen molar-refractivity contribution in [2.75, 3.05) is 5.73 Å². The third-order valence-electron chi connectivity index (χ3n) is 1.81. The van der Waals surface area contributed by atoms with Gasteiger partial charge in [-0.25, -0.2) is 9.97 Å². The number of nitrogen functional groups attached to an aromatic ring is 1. The van der Waals surface area contributed by atoms with Gasteiger partial charge in [0.05, 0.1) is 6.42 Å². The maximum atomic E-state index is 10.5. The molecule has 6 nitrogen and oxygen atoms in total. The number of nitrogens with two attached hydrogens (primary N) is 2. The summed E-state index contributed by atoms with van der Waals surface area (Å²) in [6.45, 7) is 1.63. The largest absolute Gasteiger partial charge is 0.481 e. The monoisotopic (exact) mass is 230 g/mol. The van der Waals surface area contributed by atoms with Gasteiger partial charge in [-0.15, -0.1) is 0 Å². The Hall–Kier alpha value is -1.40. The molecule has 1 aromatic rings. The van der Waals surface area contributed by atoms with E-state index in [9.17, 15) is 4.79 Å². The Labute approximate surface area is 91.3 Å². The minimum atomic E-state index is -1.03. The minimum absolute atomic E-state index is 0.105. The lowest BCUT2D eigenvalue weighted by Gasteiger charge is -2.13. The highest BCUT2D eigenvalue weighted by molar-refractivity contribution is 6.30. The van der Waals surface area contributed by atoms with E-state index in [0.29, 0.717) is 5.82 Å². The first kappa shape index (κ1) is 11.7. The van der Waals surface area contributed by atoms with Crippen LogP contribution in [0.1, 0.15) is 23.9 Å². The smallest absolute Gasteiger partial charge is 0.305 e. The summed E-state index contributed by atoms with van der Waals surface area (Å²) >= 11 is 5.81. The molecule has 1 heterocycles. The Balaban J connectivity index is 3.08. The fraction of sp³-hybridized carbons (Fsp3) is 0.375. The molecule has 0 bridgehead atoms. The van der Waals surface area contributed by atoms with Crippen molar-refractivity contribution in [3.05, 3.63) is 16.5 Å². The lowest BCUT2D eigenvalue weighted by molar-refractivity contribution is -0.137. The predicted molar refractivity (Wildman–Crippen MR) is 55.4 cm³/mol. The number of carbonyl (C=O) groups is 1. The molecule has 0 aliphatic carbocycles. The Morgan fingerprint density at radius 3 is 2.67 bits per heavy atom. The summed E-state index contributed by atoms with van der Waals surface area (Å²) in [6, 6.07) is -0.796. The van der Waals surface area contributed by atoms with Crippen LogP contribution in [0.4, 0.5) is 5.82 Å². The number of carboxylic acids is 1. The van der Waals surface area contributed by atoms with Crippen molar-refractivity contribution in [3.8, 4) is 0 Å². The van der Waals surface area contributed by atoms with Gasteiger partial charge in [0.1, 0.15) is 16.8 Å². The first-order valence-electron chi connectivity index (χ1n) is 4.18. The molecule has 0 aromatic carbocycles. The average molecular weight is 231 g/mol. The average Bonchev–Trinajstić information content (AvgIpc) is 1.99. The van der Waals surface area contributed by atoms with E-state index in [-0.39, 0.29) is 23.0 Å². The molecule has 1 unspecified atom stereocenters. The van der Waals surface area contributed by atoms with Crippen LogP contribution in [0.3, 0.4) is 0 Å². The number of aromatic nitrogens is 2. The van der Waals surface area contributed by atoms with E-state index in [1.54, 1.807) is 6.92 Å². The van der Waals surface area contributed by atoms with E-state index < -0.39 is 12.0 Å². The lowest BCUT2D eigenvalue weighted by atomic mass is 10.1. The molecule has 82 valence electrons. The van der Waals surface area contributed by atoms with Gasteiger partial charge in [0, 0.05) is 11.6 Å². The second-order valence-electron chi connectivity index (χ2n) is 3.06. The molecule has 5 N–H and O–H groups in total. The van der Waals surface area contributed by atoms with Crippen LogP contribution < -0.4 is 11.5 Å². The maximum absolute atomic E-state index is 10.5. The molecule has 0 saturated heterocycles. The third-order valence-corrected chi connectivity index (χ3v) is 2.09. The van der Waals surface area contributed by atoms with Gasteiger partial charge in [0.25, 0.3) is 0 Å². The number of aryl methyl sites for hydroxylation is 1. The van der Waals surface area contributed by atoms with Crippen LogP contribution in [-0.4, -0.2) is 21.0 Å². The number of carboxylic acid groups (broad SMARTS) is 1. The Bertz CT molecular complexity index is 373. The Kier molecular flexibility index (Phi) is 3.43. The molecule has 0 spiro atoms. The molecule has 0 amide bonds. The van der Waals surface area contributed by atoms with E-state index in [1.807, 2.05) is 0 Å². The molecule has 0 aliphatic rings. The van der Waals surface area contributed by atoms with Gasteiger partial charge in [0.15, 0.2) is 0 Å². The van der Waals surface area contributed by atoms with Crippen LogP contribution in [0.15, 0.2) is 0 Å². The van der Waals surface area contributed by atoms with E-state index in [0.717, 1.165) is 0 Å². The van der Waals surface area contributed by atoms with Gasteiger partial charge in [-0.2, -0.15) is 0 Å². The molecular weight excluding hydrogens is 220 g/mol. The van der Waals surface area contributed by atoms with Crippen molar-refractivity contribution in [3.63, 3.8) is 0 Å². The first-order valence-corrected chi connectivity index (χ1v) is 4.56. The second kappa shape index (κ2) is 4.41. The fourth-order valence-electron chi connectivity index (χ4n) is 1.20. The number of hydrogen-bond acceptors (Lipinski definition) is 5. The van der Waals surface area contributed by atoms with Gasteiger partial charge in [0.2, 0.25) is 0 Å².